The number of aliphatic hydroxyl groups is 1. The Morgan fingerprint density at radius 1 is 1.14 bits per heavy atom. The first-order chi connectivity index (χ1) is 10.6. The molecular weight excluding hydrogens is 318 g/mol. The van der Waals surface area contributed by atoms with E-state index in [9.17, 15) is 9.90 Å². The van der Waals surface area contributed by atoms with Gasteiger partial charge in [-0.2, -0.15) is 0 Å². The summed E-state index contributed by atoms with van der Waals surface area (Å²) in [5, 5.41) is 13.5. The van der Waals surface area contributed by atoms with Crippen molar-refractivity contribution in [1.29, 1.82) is 0 Å². The highest BCUT2D eigenvalue weighted by Gasteiger charge is 2.08. The summed E-state index contributed by atoms with van der Waals surface area (Å²) in [5.74, 6) is 0.788. The lowest BCUT2D eigenvalue weighted by atomic mass is 10.1. The fourth-order valence-electron chi connectivity index (χ4n) is 1.89. The standard InChI is InChI=1S/C17H18ClNO2S/c18-15-8-6-13(7-9-15)10-19-17(21)12-22-11-16(20)14-4-2-1-3-5-14/h1-9,16,20H,10-12H2,(H,19,21)/t16-/m0/s1. The highest BCUT2D eigenvalue weighted by atomic mass is 35.5. The summed E-state index contributed by atoms with van der Waals surface area (Å²) in [4.78, 5) is 11.8. The minimum atomic E-state index is -0.546. The van der Waals surface area contributed by atoms with Crippen molar-refractivity contribution < 1.29 is 9.90 Å². The molecule has 2 aromatic carbocycles. The van der Waals surface area contributed by atoms with Crippen LogP contribution in [0.25, 0.3) is 0 Å². The van der Waals surface area contributed by atoms with E-state index in [1.807, 2.05) is 42.5 Å². The zero-order valence-electron chi connectivity index (χ0n) is 12.0. The molecule has 0 aliphatic rings. The molecule has 0 aliphatic carbocycles. The zero-order chi connectivity index (χ0) is 15.8. The molecule has 0 heterocycles. The largest absolute Gasteiger partial charge is 0.388 e. The van der Waals surface area contributed by atoms with Gasteiger partial charge in [-0.05, 0) is 23.3 Å². The summed E-state index contributed by atoms with van der Waals surface area (Å²) >= 11 is 7.23. The van der Waals surface area contributed by atoms with Gasteiger partial charge in [0.25, 0.3) is 0 Å². The van der Waals surface area contributed by atoms with Gasteiger partial charge >= 0.3 is 0 Å². The number of hydrogen-bond donors (Lipinski definition) is 2. The van der Waals surface area contributed by atoms with Crippen LogP contribution < -0.4 is 5.32 Å². The molecule has 1 amide bonds. The van der Waals surface area contributed by atoms with E-state index >= 15 is 0 Å². The fraction of sp³-hybridized carbons (Fsp3) is 0.235. The SMILES string of the molecule is O=C(CSC[C@H](O)c1ccccc1)NCc1ccc(Cl)cc1. The first kappa shape index (κ1) is 16.9. The molecule has 0 saturated heterocycles. The van der Waals surface area contributed by atoms with Crippen molar-refractivity contribution in [2.75, 3.05) is 11.5 Å². The third-order valence-electron chi connectivity index (χ3n) is 3.10. The van der Waals surface area contributed by atoms with Crippen molar-refractivity contribution in [3.05, 3.63) is 70.7 Å². The van der Waals surface area contributed by atoms with E-state index in [2.05, 4.69) is 5.32 Å². The minimum absolute atomic E-state index is 0.0415. The molecule has 3 nitrogen and oxygen atoms in total. The lowest BCUT2D eigenvalue weighted by molar-refractivity contribution is -0.118. The van der Waals surface area contributed by atoms with Crippen LogP contribution in [0.3, 0.4) is 0 Å². The predicted octanol–water partition coefficient (Wildman–Crippen LogP) is 3.42. The number of carbonyl (C=O) groups is 1. The Kier molecular flexibility index (Phi) is 6.77. The van der Waals surface area contributed by atoms with Gasteiger partial charge < -0.3 is 10.4 Å². The summed E-state index contributed by atoms with van der Waals surface area (Å²) < 4.78 is 0. The molecule has 0 spiro atoms. The summed E-state index contributed by atoms with van der Waals surface area (Å²) in [7, 11) is 0. The van der Waals surface area contributed by atoms with E-state index in [1.165, 1.54) is 11.8 Å². The van der Waals surface area contributed by atoms with Gasteiger partial charge in [0.2, 0.25) is 5.91 Å². The van der Waals surface area contributed by atoms with Crippen LogP contribution in [-0.4, -0.2) is 22.5 Å². The molecule has 0 radical (unpaired) electrons. The highest BCUT2D eigenvalue weighted by molar-refractivity contribution is 7.99. The average molecular weight is 336 g/mol. The maximum absolute atomic E-state index is 11.8. The molecule has 0 unspecified atom stereocenters. The van der Waals surface area contributed by atoms with Crippen molar-refractivity contribution in [3.63, 3.8) is 0 Å². The Morgan fingerprint density at radius 2 is 1.82 bits per heavy atom. The second-order valence-electron chi connectivity index (χ2n) is 4.84. The number of hydrogen-bond acceptors (Lipinski definition) is 3. The summed E-state index contributed by atoms with van der Waals surface area (Å²) in [5.41, 5.74) is 1.88. The van der Waals surface area contributed by atoms with Crippen LogP contribution in [0.15, 0.2) is 54.6 Å². The molecule has 0 fully saturated rings. The highest BCUT2D eigenvalue weighted by Crippen LogP contribution is 2.17. The van der Waals surface area contributed by atoms with Crippen LogP contribution in [0.5, 0.6) is 0 Å². The fourth-order valence-corrected chi connectivity index (χ4v) is 2.84. The van der Waals surface area contributed by atoms with Gasteiger partial charge in [-0.25, -0.2) is 0 Å². The van der Waals surface area contributed by atoms with Crippen LogP contribution in [0.4, 0.5) is 0 Å². The van der Waals surface area contributed by atoms with Gasteiger partial charge in [-0.15, -0.1) is 11.8 Å². The number of carbonyl (C=O) groups excluding carboxylic acids is 1. The Hall–Kier alpha value is -1.49. The molecule has 5 heteroatoms. The van der Waals surface area contributed by atoms with Crippen molar-refractivity contribution in [3.8, 4) is 0 Å². The molecule has 1 atom stereocenters. The second kappa shape index (κ2) is 8.83. The number of aliphatic hydroxyl groups excluding tert-OH is 1. The van der Waals surface area contributed by atoms with E-state index in [0.717, 1.165) is 11.1 Å². The number of benzene rings is 2. The van der Waals surface area contributed by atoms with E-state index in [-0.39, 0.29) is 5.91 Å². The van der Waals surface area contributed by atoms with Crippen LogP contribution in [0, 0.1) is 0 Å². The van der Waals surface area contributed by atoms with Crippen LogP contribution in [0.1, 0.15) is 17.2 Å². The van der Waals surface area contributed by atoms with Gasteiger partial charge in [0.15, 0.2) is 0 Å². The maximum atomic E-state index is 11.8. The summed E-state index contributed by atoms with van der Waals surface area (Å²) in [6, 6.07) is 16.8. The van der Waals surface area contributed by atoms with Gasteiger partial charge in [0.1, 0.15) is 0 Å². The van der Waals surface area contributed by atoms with Crippen molar-refractivity contribution in [1.82, 2.24) is 5.32 Å². The molecule has 2 rings (SSSR count). The first-order valence-electron chi connectivity index (χ1n) is 6.97. The van der Waals surface area contributed by atoms with Gasteiger partial charge in [0.05, 0.1) is 11.9 Å². The van der Waals surface area contributed by atoms with E-state index in [0.29, 0.717) is 23.1 Å². The third-order valence-corrected chi connectivity index (χ3v) is 4.37. The quantitative estimate of drug-likeness (QED) is 0.815. The molecule has 2 N–H and O–H groups in total. The normalized spacial score (nSPS) is 11.9. The maximum Gasteiger partial charge on any atom is 0.230 e. The smallest absolute Gasteiger partial charge is 0.230 e. The minimum Gasteiger partial charge on any atom is -0.388 e. The molecule has 0 saturated carbocycles. The predicted molar refractivity (Wildman–Crippen MR) is 92.0 cm³/mol. The number of thioether (sulfide) groups is 1. The summed E-state index contributed by atoms with van der Waals surface area (Å²) in [6.45, 7) is 0.484. The average Bonchev–Trinajstić information content (AvgIpc) is 2.55. The van der Waals surface area contributed by atoms with Gasteiger partial charge in [0, 0.05) is 17.3 Å². The monoisotopic (exact) mass is 335 g/mol. The number of amides is 1. The van der Waals surface area contributed by atoms with Crippen molar-refractivity contribution in [2.45, 2.75) is 12.6 Å². The van der Waals surface area contributed by atoms with Crippen LogP contribution in [0.2, 0.25) is 5.02 Å². The lowest BCUT2D eigenvalue weighted by Crippen LogP contribution is -2.24. The molecule has 116 valence electrons. The molecule has 0 bridgehead atoms. The van der Waals surface area contributed by atoms with Crippen LogP contribution >= 0.6 is 23.4 Å². The molecule has 0 aliphatic heterocycles. The lowest BCUT2D eigenvalue weighted by Gasteiger charge is -2.10. The van der Waals surface area contributed by atoms with Crippen molar-refractivity contribution >= 4 is 29.3 Å². The zero-order valence-corrected chi connectivity index (χ0v) is 13.6. The topological polar surface area (TPSA) is 49.3 Å². The third kappa shape index (κ3) is 5.72. The van der Waals surface area contributed by atoms with Crippen LogP contribution in [-0.2, 0) is 11.3 Å². The Bertz CT molecular complexity index is 589. The van der Waals surface area contributed by atoms with E-state index in [4.69, 9.17) is 11.6 Å². The van der Waals surface area contributed by atoms with E-state index < -0.39 is 6.10 Å². The summed E-state index contributed by atoms with van der Waals surface area (Å²) in [6.07, 6.45) is -0.546. The first-order valence-corrected chi connectivity index (χ1v) is 8.50. The Morgan fingerprint density at radius 3 is 2.50 bits per heavy atom. The number of halogens is 1. The van der Waals surface area contributed by atoms with Gasteiger partial charge in [-0.1, -0.05) is 54.1 Å². The molecular formula is C17H18ClNO2S. The Balaban J connectivity index is 1.66. The second-order valence-corrected chi connectivity index (χ2v) is 6.31. The molecule has 0 aromatic heterocycles. The molecule has 2 aromatic rings. The number of rotatable bonds is 7. The van der Waals surface area contributed by atoms with Crippen molar-refractivity contribution in [2.24, 2.45) is 0 Å². The Labute approximate surface area is 139 Å². The number of nitrogens with one attached hydrogen (secondary N) is 1. The molecule has 22 heavy (non-hydrogen) atoms. The van der Waals surface area contributed by atoms with Gasteiger partial charge in [-0.3, -0.25) is 4.79 Å². The van der Waals surface area contributed by atoms with E-state index in [1.54, 1.807) is 12.1 Å².